The SMILES string of the molecule is Nc1nnc(SCC(=O)NC2CCc3ccccc3C2)s1. The molecule has 1 unspecified atom stereocenters. The van der Waals surface area contributed by atoms with Gasteiger partial charge in [-0.25, -0.2) is 0 Å². The van der Waals surface area contributed by atoms with Crippen LogP contribution in [0.3, 0.4) is 0 Å². The van der Waals surface area contributed by atoms with Gasteiger partial charge in [0, 0.05) is 6.04 Å². The van der Waals surface area contributed by atoms with Crippen molar-refractivity contribution >= 4 is 34.1 Å². The molecule has 1 amide bonds. The second-order valence-corrected chi connectivity index (χ2v) is 7.20. The molecule has 1 aliphatic carbocycles. The first-order valence-electron chi connectivity index (χ1n) is 6.78. The third-order valence-electron chi connectivity index (χ3n) is 3.46. The van der Waals surface area contributed by atoms with E-state index < -0.39 is 0 Å². The number of hydrogen-bond donors (Lipinski definition) is 2. The minimum absolute atomic E-state index is 0.0400. The molecular weight excluding hydrogens is 304 g/mol. The molecule has 1 aromatic heterocycles. The van der Waals surface area contributed by atoms with Gasteiger partial charge in [0.2, 0.25) is 11.0 Å². The fraction of sp³-hybridized carbons (Fsp3) is 0.357. The zero-order valence-electron chi connectivity index (χ0n) is 11.4. The second kappa shape index (κ2) is 6.44. The number of fused-ring (bicyclic) bond motifs is 1. The van der Waals surface area contributed by atoms with Crippen molar-refractivity contribution < 1.29 is 4.79 Å². The number of nitrogens with zero attached hydrogens (tertiary/aromatic N) is 2. The number of aromatic nitrogens is 2. The van der Waals surface area contributed by atoms with Crippen molar-refractivity contribution in [3.8, 4) is 0 Å². The highest BCUT2D eigenvalue weighted by molar-refractivity contribution is 8.01. The molecule has 3 rings (SSSR count). The fourth-order valence-electron chi connectivity index (χ4n) is 2.50. The third-order valence-corrected chi connectivity index (χ3v) is 5.35. The highest BCUT2D eigenvalue weighted by Gasteiger charge is 2.19. The number of carbonyl (C=O) groups excluding carboxylic acids is 1. The predicted octanol–water partition coefficient (Wildman–Crippen LogP) is 1.89. The first-order valence-corrected chi connectivity index (χ1v) is 8.59. The zero-order valence-corrected chi connectivity index (χ0v) is 13.0. The monoisotopic (exact) mass is 320 g/mol. The van der Waals surface area contributed by atoms with E-state index in [0.29, 0.717) is 10.9 Å². The lowest BCUT2D eigenvalue weighted by molar-refractivity contribution is -0.119. The summed E-state index contributed by atoms with van der Waals surface area (Å²) >= 11 is 2.68. The molecule has 1 heterocycles. The van der Waals surface area contributed by atoms with E-state index in [-0.39, 0.29) is 11.9 Å². The van der Waals surface area contributed by atoms with E-state index in [0.717, 1.165) is 23.6 Å². The zero-order chi connectivity index (χ0) is 14.7. The number of nitrogens with two attached hydrogens (primary N) is 1. The van der Waals surface area contributed by atoms with Crippen LogP contribution >= 0.6 is 23.1 Å². The number of nitrogen functional groups attached to an aromatic ring is 1. The van der Waals surface area contributed by atoms with Crippen LogP contribution in [0.5, 0.6) is 0 Å². The first-order chi connectivity index (χ1) is 10.2. The minimum atomic E-state index is 0.0400. The predicted molar refractivity (Wildman–Crippen MR) is 85.4 cm³/mol. The van der Waals surface area contributed by atoms with E-state index in [4.69, 9.17) is 5.73 Å². The number of rotatable bonds is 4. The molecule has 0 radical (unpaired) electrons. The molecule has 0 aliphatic heterocycles. The van der Waals surface area contributed by atoms with Crippen molar-refractivity contribution in [3.05, 3.63) is 35.4 Å². The Morgan fingerprint density at radius 3 is 2.95 bits per heavy atom. The largest absolute Gasteiger partial charge is 0.374 e. The second-order valence-electron chi connectivity index (χ2n) is 4.97. The number of nitrogens with one attached hydrogen (secondary N) is 1. The number of thioether (sulfide) groups is 1. The van der Waals surface area contributed by atoms with Gasteiger partial charge in [0.25, 0.3) is 0 Å². The molecule has 0 bridgehead atoms. The average molecular weight is 320 g/mol. The van der Waals surface area contributed by atoms with Crippen LogP contribution < -0.4 is 11.1 Å². The molecule has 7 heteroatoms. The van der Waals surface area contributed by atoms with Crippen LogP contribution in [0.4, 0.5) is 5.13 Å². The van der Waals surface area contributed by atoms with Gasteiger partial charge in [-0.2, -0.15) is 0 Å². The number of benzene rings is 1. The quantitative estimate of drug-likeness (QED) is 0.841. The van der Waals surface area contributed by atoms with Gasteiger partial charge >= 0.3 is 0 Å². The van der Waals surface area contributed by atoms with Crippen molar-refractivity contribution in [1.82, 2.24) is 15.5 Å². The Labute approximate surface area is 131 Å². The molecular formula is C14H16N4OS2. The minimum Gasteiger partial charge on any atom is -0.374 e. The summed E-state index contributed by atoms with van der Waals surface area (Å²) < 4.78 is 0.733. The van der Waals surface area contributed by atoms with Crippen molar-refractivity contribution in [2.45, 2.75) is 29.6 Å². The third kappa shape index (κ3) is 3.74. The van der Waals surface area contributed by atoms with E-state index in [1.807, 2.05) is 0 Å². The summed E-state index contributed by atoms with van der Waals surface area (Å²) in [5, 5.41) is 11.2. The van der Waals surface area contributed by atoms with Gasteiger partial charge in [-0.15, -0.1) is 10.2 Å². The van der Waals surface area contributed by atoms with E-state index >= 15 is 0 Å². The average Bonchev–Trinajstić information content (AvgIpc) is 2.91. The summed E-state index contributed by atoms with van der Waals surface area (Å²) in [6.45, 7) is 0. The van der Waals surface area contributed by atoms with Crippen molar-refractivity contribution in [1.29, 1.82) is 0 Å². The smallest absolute Gasteiger partial charge is 0.230 e. The summed E-state index contributed by atoms with van der Waals surface area (Å²) in [4.78, 5) is 12.0. The van der Waals surface area contributed by atoms with Gasteiger partial charge in [-0.05, 0) is 30.4 Å². The van der Waals surface area contributed by atoms with Crippen molar-refractivity contribution in [3.63, 3.8) is 0 Å². The van der Waals surface area contributed by atoms with Gasteiger partial charge < -0.3 is 11.1 Å². The Morgan fingerprint density at radius 1 is 1.38 bits per heavy atom. The molecule has 2 aromatic rings. The summed E-state index contributed by atoms with van der Waals surface area (Å²) in [6.07, 6.45) is 2.94. The lowest BCUT2D eigenvalue weighted by Gasteiger charge is -2.25. The van der Waals surface area contributed by atoms with Crippen LogP contribution in [0.25, 0.3) is 0 Å². The van der Waals surface area contributed by atoms with Crippen LogP contribution in [0.15, 0.2) is 28.6 Å². The van der Waals surface area contributed by atoms with Gasteiger partial charge in [0.05, 0.1) is 5.75 Å². The fourth-order valence-corrected chi connectivity index (χ4v) is 3.94. The van der Waals surface area contributed by atoms with Gasteiger partial charge in [-0.1, -0.05) is 47.4 Å². The highest BCUT2D eigenvalue weighted by Crippen LogP contribution is 2.24. The van der Waals surface area contributed by atoms with E-state index in [1.54, 1.807) is 0 Å². The Kier molecular flexibility index (Phi) is 4.40. The van der Waals surface area contributed by atoms with Crippen LogP contribution in [0.2, 0.25) is 0 Å². The maximum Gasteiger partial charge on any atom is 0.230 e. The summed E-state index contributed by atoms with van der Waals surface area (Å²) in [6, 6.07) is 8.67. The van der Waals surface area contributed by atoms with Gasteiger partial charge in [0.15, 0.2) is 4.34 Å². The topological polar surface area (TPSA) is 80.9 Å². The molecule has 5 nitrogen and oxygen atoms in total. The van der Waals surface area contributed by atoms with E-state index in [1.165, 1.54) is 34.2 Å². The summed E-state index contributed by atoms with van der Waals surface area (Å²) in [5.41, 5.74) is 8.26. The normalized spacial score (nSPS) is 17.2. The van der Waals surface area contributed by atoms with Crippen LogP contribution in [-0.4, -0.2) is 27.9 Å². The van der Waals surface area contributed by atoms with Gasteiger partial charge in [-0.3, -0.25) is 4.79 Å². The molecule has 0 saturated carbocycles. The Bertz CT molecular complexity index is 643. The number of carbonyl (C=O) groups is 1. The maximum atomic E-state index is 12.0. The lowest BCUT2D eigenvalue weighted by Crippen LogP contribution is -2.39. The molecule has 0 spiro atoms. The van der Waals surface area contributed by atoms with Crippen molar-refractivity contribution in [2.24, 2.45) is 0 Å². The highest BCUT2D eigenvalue weighted by atomic mass is 32.2. The number of amides is 1. The first kappa shape index (κ1) is 14.3. The maximum absolute atomic E-state index is 12.0. The summed E-state index contributed by atoms with van der Waals surface area (Å²) in [7, 11) is 0. The van der Waals surface area contributed by atoms with Crippen molar-refractivity contribution in [2.75, 3.05) is 11.5 Å². The number of anilines is 1. The van der Waals surface area contributed by atoms with Gasteiger partial charge in [0.1, 0.15) is 0 Å². The standard InChI is InChI=1S/C14H16N4OS2/c15-13-17-18-14(21-13)20-8-12(19)16-11-6-5-9-3-1-2-4-10(9)7-11/h1-4,11H,5-8H2,(H2,15,17)(H,16,19). The molecule has 1 atom stereocenters. The molecule has 1 aromatic carbocycles. The van der Waals surface area contributed by atoms with Crippen LogP contribution in [0.1, 0.15) is 17.5 Å². The molecule has 1 aliphatic rings. The van der Waals surface area contributed by atoms with Crippen LogP contribution in [0, 0.1) is 0 Å². The van der Waals surface area contributed by atoms with E-state index in [9.17, 15) is 4.79 Å². The number of aryl methyl sites for hydroxylation is 1. The Balaban J connectivity index is 1.50. The molecule has 110 valence electrons. The molecule has 0 fully saturated rings. The summed E-state index contributed by atoms with van der Waals surface area (Å²) in [5.74, 6) is 0.394. The Morgan fingerprint density at radius 2 is 2.19 bits per heavy atom. The van der Waals surface area contributed by atoms with E-state index in [2.05, 4.69) is 39.8 Å². The molecule has 21 heavy (non-hydrogen) atoms. The molecule has 0 saturated heterocycles. The molecule has 3 N–H and O–H groups in total. The lowest BCUT2D eigenvalue weighted by atomic mass is 9.88. The number of hydrogen-bond acceptors (Lipinski definition) is 6. The van der Waals surface area contributed by atoms with Crippen LogP contribution in [-0.2, 0) is 17.6 Å². The Hall–Kier alpha value is -1.60.